The largest absolute Gasteiger partial charge is 0.463 e. The molecule has 4 saturated heterocycles. The first-order chi connectivity index (χ1) is 58.7. The van der Waals surface area contributed by atoms with Crippen molar-refractivity contribution in [1.29, 1.82) is 0 Å². The van der Waals surface area contributed by atoms with Crippen LogP contribution in [0.4, 0.5) is 0 Å². The van der Waals surface area contributed by atoms with Gasteiger partial charge in [0.25, 0.3) is 0 Å². The Morgan fingerprint density at radius 2 is 0.537 bits per heavy atom. The van der Waals surface area contributed by atoms with Crippen LogP contribution in [-0.4, -0.2) is 235 Å². The van der Waals surface area contributed by atoms with E-state index in [1.165, 1.54) is 199 Å². The molecule has 18 atom stereocenters. The first-order valence-electron chi connectivity index (χ1n) is 48.8. The van der Waals surface area contributed by atoms with Crippen LogP contribution in [0.5, 0.6) is 0 Å². The number of aliphatic hydroxyl groups is 11. The summed E-state index contributed by atoms with van der Waals surface area (Å²) in [7, 11) is 0. The van der Waals surface area contributed by atoms with Crippen molar-refractivity contribution in [2.75, 3.05) is 39.6 Å². The molecule has 121 heavy (non-hydrogen) atoms. The van der Waals surface area contributed by atoms with Gasteiger partial charge in [0.1, 0.15) is 99.7 Å². The van der Waals surface area contributed by atoms with Crippen LogP contribution in [0, 0.1) is 0 Å². The number of hydrogen-bond donors (Lipinski definition) is 11. The van der Waals surface area contributed by atoms with E-state index in [0.29, 0.717) is 32.1 Å². The van der Waals surface area contributed by atoms with Crippen LogP contribution in [0.1, 0.15) is 420 Å². The maximum Gasteiger partial charge on any atom is 0.306 e. The van der Waals surface area contributed by atoms with Crippen LogP contribution in [0.3, 0.4) is 0 Å². The second-order valence-electron chi connectivity index (χ2n) is 35.0. The van der Waals surface area contributed by atoms with Gasteiger partial charge >= 0.3 is 29.8 Å². The summed E-state index contributed by atoms with van der Waals surface area (Å²) in [6.07, 6.45) is 34.6. The Balaban J connectivity index is 0.00000140. The second-order valence-corrected chi connectivity index (χ2v) is 35.0. The summed E-state index contributed by atoms with van der Waals surface area (Å²) < 4.78 is 64.8. The molecule has 0 aromatic carbocycles. The fraction of sp³-hybridized carbons (Fsp3) is 0.947. The lowest BCUT2D eigenvalue weighted by Crippen LogP contribution is -2.64. The van der Waals surface area contributed by atoms with Gasteiger partial charge in [-0.2, -0.15) is 0 Å². The summed E-state index contributed by atoms with van der Waals surface area (Å²) in [6, 6.07) is 0. The predicted molar refractivity (Wildman–Crippen MR) is 462 cm³/mol. The number of hydrogen-bond acceptors (Lipinski definition) is 27. The highest BCUT2D eigenvalue weighted by Gasteiger charge is 2.62. The first-order valence-corrected chi connectivity index (χ1v) is 48.8. The molecule has 11 N–H and O–H groups in total. The lowest BCUT2D eigenvalue weighted by Gasteiger charge is -2.45. The fourth-order valence-corrected chi connectivity index (χ4v) is 16.3. The highest BCUT2D eigenvalue weighted by atomic mass is 16.8. The number of ether oxygens (including phenoxy) is 11. The highest BCUT2D eigenvalue weighted by Crippen LogP contribution is 2.40. The van der Waals surface area contributed by atoms with E-state index in [2.05, 4.69) is 34.6 Å². The second kappa shape index (κ2) is 70.6. The summed E-state index contributed by atoms with van der Waals surface area (Å²) in [5, 5.41) is 113. The van der Waals surface area contributed by atoms with Crippen molar-refractivity contribution >= 4 is 29.8 Å². The van der Waals surface area contributed by atoms with E-state index in [0.717, 1.165) is 122 Å². The summed E-state index contributed by atoms with van der Waals surface area (Å²) in [5.41, 5.74) is 0. The highest BCUT2D eigenvalue weighted by molar-refractivity contribution is 5.71. The zero-order valence-electron chi connectivity index (χ0n) is 75.9. The molecule has 712 valence electrons. The van der Waals surface area contributed by atoms with Crippen molar-refractivity contribution in [3.8, 4) is 0 Å². The van der Waals surface area contributed by atoms with Gasteiger partial charge in [0, 0.05) is 32.1 Å². The summed E-state index contributed by atoms with van der Waals surface area (Å²) >= 11 is 0. The van der Waals surface area contributed by atoms with Crippen LogP contribution < -0.4 is 0 Å². The Kier molecular flexibility index (Phi) is 65.3. The van der Waals surface area contributed by atoms with E-state index in [9.17, 15) is 69.9 Å². The Hall–Kier alpha value is -3.33. The van der Waals surface area contributed by atoms with Gasteiger partial charge in [-0.05, 0) is 32.1 Å². The van der Waals surface area contributed by atoms with E-state index < -0.39 is 179 Å². The average Bonchev–Trinajstić information content (AvgIpc) is 1.63. The van der Waals surface area contributed by atoms with E-state index in [1.807, 2.05) is 0 Å². The van der Waals surface area contributed by atoms with E-state index in [-0.39, 0.29) is 32.1 Å². The molecular weight excluding hydrogens is 1560 g/mol. The van der Waals surface area contributed by atoms with Gasteiger partial charge in [0.05, 0.1) is 13.2 Å². The minimum absolute atomic E-state index is 0.0113. The van der Waals surface area contributed by atoms with E-state index in [4.69, 9.17) is 62.3 Å². The van der Waals surface area contributed by atoms with Crippen LogP contribution in [0.15, 0.2) is 0 Å². The Morgan fingerprint density at radius 3 is 0.868 bits per heavy atom. The van der Waals surface area contributed by atoms with Crippen molar-refractivity contribution in [2.24, 2.45) is 0 Å². The van der Waals surface area contributed by atoms with Gasteiger partial charge in [-0.1, -0.05) is 356 Å². The van der Waals surface area contributed by atoms with Crippen molar-refractivity contribution in [2.45, 2.75) is 529 Å². The molecule has 6 unspecified atom stereocenters. The summed E-state index contributed by atoms with van der Waals surface area (Å²) in [4.78, 5) is 68.5. The molecule has 0 saturated carbocycles. The quantitative estimate of drug-likeness (QED) is 0.0153. The van der Waals surface area contributed by atoms with Crippen LogP contribution in [0.2, 0.25) is 0 Å². The van der Waals surface area contributed by atoms with Gasteiger partial charge in [0.15, 0.2) is 18.5 Å². The fourth-order valence-electron chi connectivity index (χ4n) is 16.3. The molecule has 0 bridgehead atoms. The molecule has 27 nitrogen and oxygen atoms in total. The molecule has 0 radical (unpaired) electrons. The monoisotopic (exact) mass is 1740 g/mol. The van der Waals surface area contributed by atoms with Crippen molar-refractivity contribution in [1.82, 2.24) is 0 Å². The third-order valence-corrected chi connectivity index (χ3v) is 24.2. The lowest BCUT2D eigenvalue weighted by atomic mass is 9.97. The number of esters is 5. The summed E-state index contributed by atoms with van der Waals surface area (Å²) in [5.74, 6) is -7.59. The van der Waals surface area contributed by atoms with Gasteiger partial charge in [-0.25, -0.2) is 0 Å². The Bertz CT molecular complexity index is 2530. The van der Waals surface area contributed by atoms with Gasteiger partial charge in [-0.3, -0.25) is 24.0 Å². The smallest absolute Gasteiger partial charge is 0.306 e. The minimum atomic E-state index is -2.45. The maximum absolute atomic E-state index is 14.1. The topological polar surface area (TPSA) is 409 Å². The SMILES string of the molecule is CCCCCCCCCCCCCC(=O)OCC1O[C@@H](O[C@]2(COC(=O)CCCCCCCCCCCCC)O[C@H](COC(=O)CCCCCCCCCCCCC)[C@H](O)C2O)C(OC(=O)CCCCCCCCCCCCC)[C@H](O)[C@@H]1OC(=O)CCCCCCCCCCCCC.OCC1O[C@@H](O[C@]2(CO)O[C@H](CO)[C@H](O)C2O)C(O)[C@H](O)[C@@H]1O. The molecule has 0 amide bonds. The molecule has 4 fully saturated rings. The van der Waals surface area contributed by atoms with Crippen molar-refractivity contribution < 1.29 is 132 Å². The summed E-state index contributed by atoms with van der Waals surface area (Å²) in [6.45, 7) is 7.04. The van der Waals surface area contributed by atoms with E-state index >= 15 is 0 Å². The van der Waals surface area contributed by atoms with Gasteiger partial charge in [-0.15, -0.1) is 0 Å². The molecule has 4 aliphatic rings. The number of aliphatic hydroxyl groups excluding tert-OH is 11. The number of carbonyl (C=O) groups is 5. The number of unbranched alkanes of at least 4 members (excludes halogenated alkanes) is 50. The van der Waals surface area contributed by atoms with Crippen LogP contribution in [0.25, 0.3) is 0 Å². The third-order valence-electron chi connectivity index (χ3n) is 24.2. The maximum atomic E-state index is 14.1. The normalized spacial score (nSPS) is 26.5. The molecule has 0 spiro atoms. The third kappa shape index (κ3) is 47.0. The van der Waals surface area contributed by atoms with E-state index in [1.54, 1.807) is 0 Å². The Labute approximate surface area is 727 Å². The van der Waals surface area contributed by atoms with Crippen LogP contribution >= 0.6 is 0 Å². The van der Waals surface area contributed by atoms with Crippen LogP contribution in [-0.2, 0) is 76.1 Å². The first kappa shape index (κ1) is 112. The molecule has 4 heterocycles. The number of carbonyl (C=O) groups excluding carboxylic acids is 5. The zero-order chi connectivity index (χ0) is 88.6. The van der Waals surface area contributed by atoms with Crippen molar-refractivity contribution in [3.63, 3.8) is 0 Å². The zero-order valence-corrected chi connectivity index (χ0v) is 75.9. The standard InChI is InChI=1S/C82H152O16.C12H22O11/c1-6-11-16-21-26-31-36-41-46-51-56-61-71(83)91-66-69-76(88)80(90)82(97-69,68-93-73(85)63-58-53-48-43-38-33-28-23-18-13-8-3)98-81-79(96-75(87)65-60-55-50-45-40-35-30-25-20-15-10-5)77(89)78(95-74(86)64-59-54-49-44-39-34-29-24-19-14-9-4)70(94-81)67-92-72(84)62-57-52-47-42-37-32-27-22-17-12-7-2;13-1-4-6(16)8(18)9(19)11(21-4)23-12(3-15)10(20)7(17)5(2-14)22-12/h69-70,76-81,88-90H,6-68H2,1-5H3;4-11,13-20H,1-3H2/t69-,70?,76+,77-,78-,79?,80?,81+,82+;4?,5-,6-,7+,8-,9?,10?,11+,12+/m11/s1. The molecule has 4 rings (SSSR count). The molecule has 27 heteroatoms. The predicted octanol–water partition coefficient (Wildman–Crippen LogP) is 15.5. The Morgan fingerprint density at radius 1 is 0.264 bits per heavy atom. The average molecular weight is 1740 g/mol. The van der Waals surface area contributed by atoms with Gasteiger partial charge < -0.3 is 108 Å². The molecule has 0 aromatic heterocycles. The number of rotatable bonds is 75. The van der Waals surface area contributed by atoms with Gasteiger partial charge in [0.2, 0.25) is 17.9 Å². The molecular formula is C94H174O27. The minimum Gasteiger partial charge on any atom is -0.463 e. The molecule has 0 aromatic rings. The van der Waals surface area contributed by atoms with Crippen molar-refractivity contribution in [3.05, 3.63) is 0 Å². The molecule has 4 aliphatic heterocycles. The lowest BCUT2D eigenvalue weighted by molar-refractivity contribution is -0.384. The molecule has 0 aliphatic carbocycles.